The summed E-state index contributed by atoms with van der Waals surface area (Å²) in [6.07, 6.45) is 2.70. The van der Waals surface area contributed by atoms with Gasteiger partial charge in [0.2, 0.25) is 5.91 Å². The van der Waals surface area contributed by atoms with Crippen molar-refractivity contribution < 1.29 is 13.9 Å². The molecule has 8 heteroatoms. The number of nitrogens with zero attached hydrogens (tertiary/aromatic N) is 2. The van der Waals surface area contributed by atoms with Gasteiger partial charge in [0.15, 0.2) is 5.96 Å². The minimum absolute atomic E-state index is 0. The van der Waals surface area contributed by atoms with E-state index < -0.39 is 5.92 Å². The Morgan fingerprint density at radius 2 is 2.00 bits per heavy atom. The summed E-state index contributed by atoms with van der Waals surface area (Å²) in [7, 11) is 1.73. The molecule has 152 valence electrons. The molecule has 2 rings (SSSR count). The molecule has 1 saturated heterocycles. The number of likely N-dealkylation sites (tertiary alicyclic amines) is 1. The van der Waals surface area contributed by atoms with Gasteiger partial charge in [-0.3, -0.25) is 9.79 Å². The molecule has 1 unspecified atom stereocenters. The fourth-order valence-electron chi connectivity index (χ4n) is 3.20. The number of hydrogen-bond donors (Lipinski definition) is 2. The number of piperidine rings is 1. The monoisotopic (exact) mass is 492 g/mol. The SMILES string of the molecule is CCOC1CCN(C(=NC)NCC(Cc2ccc(F)cc2)C(N)=O)CC1.I. The number of halogens is 2. The Bertz CT molecular complexity index is 604. The van der Waals surface area contributed by atoms with Crippen LogP contribution in [0.1, 0.15) is 25.3 Å². The van der Waals surface area contributed by atoms with Gasteiger partial charge in [0.25, 0.3) is 0 Å². The van der Waals surface area contributed by atoms with Crippen molar-refractivity contribution >= 4 is 35.8 Å². The van der Waals surface area contributed by atoms with E-state index in [9.17, 15) is 9.18 Å². The highest BCUT2D eigenvalue weighted by Crippen LogP contribution is 2.14. The van der Waals surface area contributed by atoms with E-state index in [1.165, 1.54) is 12.1 Å². The largest absolute Gasteiger partial charge is 0.378 e. The van der Waals surface area contributed by atoms with Crippen LogP contribution in [0.25, 0.3) is 0 Å². The summed E-state index contributed by atoms with van der Waals surface area (Å²) in [6.45, 7) is 4.87. The standard InChI is InChI=1S/C19H29FN4O2.HI/c1-3-26-17-8-10-24(11-9-17)19(22-2)23-13-15(18(21)25)12-14-4-6-16(20)7-5-14;/h4-7,15,17H,3,8-13H2,1-2H3,(H2,21,25)(H,22,23);1H. The van der Waals surface area contributed by atoms with Crippen molar-refractivity contribution in [2.24, 2.45) is 16.6 Å². The van der Waals surface area contributed by atoms with Gasteiger partial charge in [0.1, 0.15) is 5.82 Å². The van der Waals surface area contributed by atoms with Crippen LogP contribution in [-0.4, -0.2) is 56.2 Å². The van der Waals surface area contributed by atoms with Gasteiger partial charge in [0.05, 0.1) is 12.0 Å². The summed E-state index contributed by atoms with van der Waals surface area (Å²) in [5.74, 6) is -0.297. The van der Waals surface area contributed by atoms with E-state index in [0.29, 0.717) is 19.1 Å². The van der Waals surface area contributed by atoms with E-state index in [0.717, 1.165) is 44.1 Å². The van der Waals surface area contributed by atoms with Gasteiger partial charge >= 0.3 is 0 Å². The third kappa shape index (κ3) is 7.61. The van der Waals surface area contributed by atoms with Crippen molar-refractivity contribution in [1.29, 1.82) is 0 Å². The van der Waals surface area contributed by atoms with Gasteiger partial charge in [-0.1, -0.05) is 12.1 Å². The van der Waals surface area contributed by atoms with E-state index in [2.05, 4.69) is 15.2 Å². The number of carbonyl (C=O) groups excluding carboxylic acids is 1. The van der Waals surface area contributed by atoms with Gasteiger partial charge in [-0.25, -0.2) is 4.39 Å². The van der Waals surface area contributed by atoms with E-state index in [-0.39, 0.29) is 35.7 Å². The molecule has 3 N–H and O–H groups in total. The molecular formula is C19H30FIN4O2. The minimum atomic E-state index is -0.391. The smallest absolute Gasteiger partial charge is 0.222 e. The molecule has 0 bridgehead atoms. The molecule has 1 atom stereocenters. The third-order valence-electron chi connectivity index (χ3n) is 4.66. The zero-order chi connectivity index (χ0) is 18.9. The van der Waals surface area contributed by atoms with Crippen molar-refractivity contribution in [3.8, 4) is 0 Å². The second-order valence-corrected chi connectivity index (χ2v) is 6.50. The van der Waals surface area contributed by atoms with Gasteiger partial charge in [-0.2, -0.15) is 0 Å². The van der Waals surface area contributed by atoms with Crippen LogP contribution >= 0.6 is 24.0 Å². The Balaban J connectivity index is 0.00000364. The molecule has 1 aliphatic heterocycles. The zero-order valence-electron chi connectivity index (χ0n) is 16.0. The first-order chi connectivity index (χ1) is 12.5. The van der Waals surface area contributed by atoms with Crippen LogP contribution < -0.4 is 11.1 Å². The predicted octanol–water partition coefficient (Wildman–Crippen LogP) is 2.16. The van der Waals surface area contributed by atoms with Crippen LogP contribution in [0, 0.1) is 11.7 Å². The highest BCUT2D eigenvalue weighted by molar-refractivity contribution is 14.0. The molecule has 1 aromatic rings. The summed E-state index contributed by atoms with van der Waals surface area (Å²) in [6, 6.07) is 6.14. The number of guanidine groups is 1. The molecule has 1 aliphatic rings. The highest BCUT2D eigenvalue weighted by Gasteiger charge is 2.23. The maximum Gasteiger partial charge on any atom is 0.222 e. The second kappa shape index (κ2) is 12.1. The maximum absolute atomic E-state index is 13.0. The Kier molecular flexibility index (Phi) is 10.6. The normalized spacial score (nSPS) is 16.6. The number of nitrogens with two attached hydrogens (primary N) is 1. The quantitative estimate of drug-likeness (QED) is 0.348. The number of hydrogen-bond acceptors (Lipinski definition) is 3. The number of aliphatic imine (C=N–C) groups is 1. The topological polar surface area (TPSA) is 79.9 Å². The van der Waals surface area contributed by atoms with Crippen LogP contribution in [0.2, 0.25) is 0 Å². The summed E-state index contributed by atoms with van der Waals surface area (Å²) in [4.78, 5) is 18.3. The Morgan fingerprint density at radius 3 is 2.52 bits per heavy atom. The molecule has 1 amide bonds. The van der Waals surface area contributed by atoms with E-state index in [1.54, 1.807) is 19.2 Å². The Morgan fingerprint density at radius 1 is 1.37 bits per heavy atom. The first-order valence-electron chi connectivity index (χ1n) is 9.14. The van der Waals surface area contributed by atoms with Crippen LogP contribution in [0.15, 0.2) is 29.3 Å². The number of ether oxygens (including phenoxy) is 1. The first-order valence-corrected chi connectivity index (χ1v) is 9.14. The van der Waals surface area contributed by atoms with Gasteiger partial charge in [-0.05, 0) is 43.9 Å². The van der Waals surface area contributed by atoms with Crippen LogP contribution in [-0.2, 0) is 16.0 Å². The fraction of sp³-hybridized carbons (Fsp3) is 0.579. The highest BCUT2D eigenvalue weighted by atomic mass is 127. The maximum atomic E-state index is 13.0. The van der Waals surface area contributed by atoms with E-state index in [1.807, 2.05) is 6.92 Å². The number of primary amides is 1. The summed E-state index contributed by atoms with van der Waals surface area (Å²) in [5.41, 5.74) is 6.43. The fourth-order valence-corrected chi connectivity index (χ4v) is 3.20. The summed E-state index contributed by atoms with van der Waals surface area (Å²) in [5, 5.41) is 3.26. The molecule has 1 heterocycles. The molecule has 0 aromatic heterocycles. The average molecular weight is 492 g/mol. The lowest BCUT2D eigenvalue weighted by Crippen LogP contribution is -2.49. The first kappa shape index (κ1) is 23.6. The third-order valence-corrected chi connectivity index (χ3v) is 4.66. The van der Waals surface area contributed by atoms with Crippen LogP contribution in [0.3, 0.4) is 0 Å². The predicted molar refractivity (Wildman–Crippen MR) is 116 cm³/mol. The van der Waals surface area contributed by atoms with Gasteiger partial charge in [0, 0.05) is 33.3 Å². The number of rotatable bonds is 7. The Hall–Kier alpha value is -1.42. The second-order valence-electron chi connectivity index (χ2n) is 6.50. The lowest BCUT2D eigenvalue weighted by atomic mass is 9.98. The van der Waals surface area contributed by atoms with E-state index >= 15 is 0 Å². The van der Waals surface area contributed by atoms with Crippen LogP contribution in [0.4, 0.5) is 4.39 Å². The molecule has 1 fully saturated rings. The zero-order valence-corrected chi connectivity index (χ0v) is 18.3. The molecule has 27 heavy (non-hydrogen) atoms. The van der Waals surface area contributed by atoms with Crippen molar-refractivity contribution in [1.82, 2.24) is 10.2 Å². The van der Waals surface area contributed by atoms with Gasteiger partial charge < -0.3 is 20.7 Å². The number of benzene rings is 1. The summed E-state index contributed by atoms with van der Waals surface area (Å²) >= 11 is 0. The lowest BCUT2D eigenvalue weighted by Gasteiger charge is -2.34. The van der Waals surface area contributed by atoms with Crippen molar-refractivity contribution in [3.05, 3.63) is 35.6 Å². The average Bonchev–Trinajstić information content (AvgIpc) is 2.64. The molecule has 0 radical (unpaired) electrons. The molecule has 1 aromatic carbocycles. The number of nitrogens with one attached hydrogen (secondary N) is 1. The van der Waals surface area contributed by atoms with Crippen molar-refractivity contribution in [2.75, 3.05) is 33.3 Å². The van der Waals surface area contributed by atoms with Gasteiger partial charge in [-0.15, -0.1) is 24.0 Å². The lowest BCUT2D eigenvalue weighted by molar-refractivity contribution is -0.121. The number of amides is 1. The van der Waals surface area contributed by atoms with Crippen LogP contribution in [0.5, 0.6) is 0 Å². The molecule has 0 spiro atoms. The Labute approximate surface area is 177 Å². The summed E-state index contributed by atoms with van der Waals surface area (Å²) < 4.78 is 18.7. The molecule has 0 aliphatic carbocycles. The molecule has 0 saturated carbocycles. The minimum Gasteiger partial charge on any atom is -0.378 e. The molecule has 6 nitrogen and oxygen atoms in total. The molecular weight excluding hydrogens is 462 g/mol. The van der Waals surface area contributed by atoms with Crippen molar-refractivity contribution in [3.63, 3.8) is 0 Å². The number of carbonyl (C=O) groups is 1. The van der Waals surface area contributed by atoms with E-state index in [4.69, 9.17) is 10.5 Å². The van der Waals surface area contributed by atoms with Crippen molar-refractivity contribution in [2.45, 2.75) is 32.3 Å².